The van der Waals surface area contributed by atoms with Crippen molar-refractivity contribution in [1.29, 1.82) is 0 Å². The first-order valence-electron chi connectivity index (χ1n) is 7.91. The topological polar surface area (TPSA) is 59.9 Å². The summed E-state index contributed by atoms with van der Waals surface area (Å²) in [7, 11) is 0. The van der Waals surface area contributed by atoms with Crippen molar-refractivity contribution in [2.24, 2.45) is 5.10 Å². The van der Waals surface area contributed by atoms with Crippen LogP contribution in [0.5, 0.6) is 11.5 Å². The molecular formula is C19H16N2O3S. The molecule has 0 unspecified atom stereocenters. The van der Waals surface area contributed by atoms with Crippen LogP contribution in [0.4, 0.5) is 0 Å². The number of rotatable bonds is 3. The van der Waals surface area contributed by atoms with E-state index in [0.717, 1.165) is 15.6 Å². The maximum atomic E-state index is 12.2. The third-order valence-corrected chi connectivity index (χ3v) is 4.83. The molecule has 1 aromatic heterocycles. The number of carbonyl (C=O) groups excluding carboxylic acids is 1. The lowest BCUT2D eigenvalue weighted by atomic mass is 10.1. The number of amides is 1. The van der Waals surface area contributed by atoms with Gasteiger partial charge >= 0.3 is 0 Å². The Hall–Kier alpha value is -2.86. The smallest absolute Gasteiger partial charge is 0.284 e. The van der Waals surface area contributed by atoms with Crippen LogP contribution in [0.1, 0.15) is 9.75 Å². The highest BCUT2D eigenvalue weighted by Crippen LogP contribution is 2.35. The van der Waals surface area contributed by atoms with Gasteiger partial charge in [0.1, 0.15) is 6.61 Å². The van der Waals surface area contributed by atoms with Gasteiger partial charge in [-0.2, -0.15) is 5.10 Å². The van der Waals surface area contributed by atoms with Gasteiger partial charge in [-0.1, -0.05) is 24.3 Å². The Morgan fingerprint density at radius 3 is 2.68 bits per heavy atom. The van der Waals surface area contributed by atoms with Crippen molar-refractivity contribution in [2.75, 3.05) is 6.61 Å². The number of aryl methyl sites for hydroxylation is 1. The summed E-state index contributed by atoms with van der Waals surface area (Å²) in [4.78, 5) is 14.4. The molecule has 0 saturated carbocycles. The largest absolute Gasteiger partial charge is 0.485 e. The third kappa shape index (κ3) is 3.34. The number of fused-ring (bicyclic) bond motifs is 2. The predicted octanol–water partition coefficient (Wildman–Crippen LogP) is 3.50. The molecule has 6 heteroatoms. The normalized spacial score (nSPS) is 16.3. The van der Waals surface area contributed by atoms with E-state index < -0.39 is 6.10 Å². The molecule has 0 saturated heterocycles. The van der Waals surface area contributed by atoms with Gasteiger partial charge in [0.2, 0.25) is 6.10 Å². The van der Waals surface area contributed by atoms with Gasteiger partial charge in [-0.05, 0) is 42.0 Å². The number of hydrogen-bond acceptors (Lipinski definition) is 5. The van der Waals surface area contributed by atoms with E-state index in [9.17, 15) is 4.79 Å². The van der Waals surface area contributed by atoms with E-state index in [2.05, 4.69) is 10.5 Å². The molecule has 0 bridgehead atoms. The number of nitrogens with zero attached hydrogens (tertiary/aromatic N) is 1. The second kappa shape index (κ2) is 6.57. The van der Waals surface area contributed by atoms with Crippen molar-refractivity contribution in [1.82, 2.24) is 5.43 Å². The molecule has 126 valence electrons. The van der Waals surface area contributed by atoms with Gasteiger partial charge < -0.3 is 9.47 Å². The van der Waals surface area contributed by atoms with Crippen LogP contribution >= 0.6 is 11.3 Å². The molecule has 3 aromatic rings. The van der Waals surface area contributed by atoms with Crippen LogP contribution in [0.3, 0.4) is 0 Å². The van der Waals surface area contributed by atoms with Gasteiger partial charge in [-0.15, -0.1) is 11.3 Å². The monoisotopic (exact) mass is 352 g/mol. The van der Waals surface area contributed by atoms with Crippen molar-refractivity contribution in [2.45, 2.75) is 13.0 Å². The Labute approximate surface area is 148 Å². The molecule has 4 rings (SSSR count). The van der Waals surface area contributed by atoms with Crippen LogP contribution < -0.4 is 14.9 Å². The van der Waals surface area contributed by atoms with Crippen molar-refractivity contribution in [3.8, 4) is 11.5 Å². The van der Waals surface area contributed by atoms with Gasteiger partial charge in [0.15, 0.2) is 11.5 Å². The van der Waals surface area contributed by atoms with Gasteiger partial charge in [0.05, 0.1) is 6.21 Å². The van der Waals surface area contributed by atoms with E-state index in [-0.39, 0.29) is 12.5 Å². The average molecular weight is 352 g/mol. The fourth-order valence-corrected chi connectivity index (χ4v) is 3.39. The van der Waals surface area contributed by atoms with Crippen LogP contribution in [0.25, 0.3) is 10.8 Å². The Morgan fingerprint density at radius 2 is 1.96 bits per heavy atom. The van der Waals surface area contributed by atoms with Gasteiger partial charge in [0.25, 0.3) is 5.91 Å². The minimum atomic E-state index is -0.726. The predicted molar refractivity (Wildman–Crippen MR) is 98.7 cm³/mol. The van der Waals surface area contributed by atoms with Crippen molar-refractivity contribution in [3.05, 3.63) is 58.3 Å². The van der Waals surface area contributed by atoms with Crippen LogP contribution in [0.15, 0.2) is 53.6 Å². The van der Waals surface area contributed by atoms with Crippen LogP contribution in [-0.4, -0.2) is 24.8 Å². The van der Waals surface area contributed by atoms with E-state index >= 15 is 0 Å². The number of hydrazone groups is 1. The maximum absolute atomic E-state index is 12.2. The van der Waals surface area contributed by atoms with Gasteiger partial charge in [-0.3, -0.25) is 4.79 Å². The summed E-state index contributed by atoms with van der Waals surface area (Å²) in [5.41, 5.74) is 2.51. The molecule has 2 heterocycles. The molecule has 0 fully saturated rings. The fraction of sp³-hybridized carbons (Fsp3) is 0.158. The lowest BCUT2D eigenvalue weighted by molar-refractivity contribution is -0.130. The zero-order valence-electron chi connectivity index (χ0n) is 13.6. The highest BCUT2D eigenvalue weighted by atomic mass is 32.1. The van der Waals surface area contributed by atoms with Gasteiger partial charge in [-0.25, -0.2) is 5.43 Å². The SMILES string of the molecule is Cc1ccc(/C=N/NC(=O)[C@H]2COc3cc4ccccc4cc3O2)s1. The molecule has 2 aromatic carbocycles. The summed E-state index contributed by atoms with van der Waals surface area (Å²) in [5, 5.41) is 6.10. The molecule has 0 radical (unpaired) electrons. The number of ether oxygens (including phenoxy) is 2. The van der Waals surface area contributed by atoms with Crippen LogP contribution in [0.2, 0.25) is 0 Å². The third-order valence-electron chi connectivity index (χ3n) is 3.89. The van der Waals surface area contributed by atoms with Crippen molar-refractivity contribution < 1.29 is 14.3 Å². The van der Waals surface area contributed by atoms with E-state index in [0.29, 0.717) is 11.5 Å². The second-order valence-electron chi connectivity index (χ2n) is 5.75. The summed E-state index contributed by atoms with van der Waals surface area (Å²) in [6.45, 7) is 2.18. The number of hydrogen-bond donors (Lipinski definition) is 1. The second-order valence-corrected chi connectivity index (χ2v) is 7.07. The number of thiophene rings is 1. The van der Waals surface area contributed by atoms with Crippen LogP contribution in [0, 0.1) is 6.92 Å². The Bertz CT molecular complexity index is 964. The van der Waals surface area contributed by atoms with Gasteiger partial charge in [0, 0.05) is 9.75 Å². The summed E-state index contributed by atoms with van der Waals surface area (Å²) in [6, 6.07) is 15.7. The quantitative estimate of drug-likeness (QED) is 0.580. The van der Waals surface area contributed by atoms with E-state index in [1.54, 1.807) is 17.6 Å². The van der Waals surface area contributed by atoms with Crippen molar-refractivity contribution >= 4 is 34.2 Å². The summed E-state index contributed by atoms with van der Waals surface area (Å²) in [6.07, 6.45) is 0.900. The Morgan fingerprint density at radius 1 is 1.20 bits per heavy atom. The molecule has 1 aliphatic rings. The molecule has 1 aliphatic heterocycles. The van der Waals surface area contributed by atoms with Crippen molar-refractivity contribution in [3.63, 3.8) is 0 Å². The average Bonchev–Trinajstić information content (AvgIpc) is 3.04. The first kappa shape index (κ1) is 15.7. The first-order chi connectivity index (χ1) is 12.2. The molecule has 1 atom stereocenters. The highest BCUT2D eigenvalue weighted by molar-refractivity contribution is 7.13. The molecule has 25 heavy (non-hydrogen) atoms. The molecule has 1 amide bonds. The lowest BCUT2D eigenvalue weighted by Crippen LogP contribution is -2.42. The summed E-state index contributed by atoms with van der Waals surface area (Å²) >= 11 is 1.61. The number of nitrogens with one attached hydrogen (secondary N) is 1. The molecule has 1 N–H and O–H groups in total. The molecular weight excluding hydrogens is 336 g/mol. The minimum absolute atomic E-state index is 0.158. The summed E-state index contributed by atoms with van der Waals surface area (Å²) in [5.74, 6) is 0.895. The standard InChI is InChI=1S/C19H16N2O3S/c1-12-6-7-15(25-12)10-20-21-19(22)18-11-23-16-8-13-4-2-3-5-14(13)9-17(16)24-18/h2-10,18H,11H2,1H3,(H,21,22)/b20-10+/t18-/m1/s1. The van der Waals surface area contributed by atoms with Crippen LogP contribution in [-0.2, 0) is 4.79 Å². The zero-order valence-corrected chi connectivity index (χ0v) is 14.4. The van der Waals surface area contributed by atoms with E-state index in [4.69, 9.17) is 9.47 Å². The molecule has 5 nitrogen and oxygen atoms in total. The molecule has 0 spiro atoms. The minimum Gasteiger partial charge on any atom is -0.485 e. The first-order valence-corrected chi connectivity index (χ1v) is 8.72. The Balaban J connectivity index is 1.45. The van der Waals surface area contributed by atoms with E-state index in [1.807, 2.05) is 55.5 Å². The van der Waals surface area contributed by atoms with E-state index in [1.165, 1.54) is 4.88 Å². The summed E-state index contributed by atoms with van der Waals surface area (Å²) < 4.78 is 11.5. The number of benzene rings is 2. The molecule has 0 aliphatic carbocycles. The lowest BCUT2D eigenvalue weighted by Gasteiger charge is -2.25. The Kier molecular flexibility index (Phi) is 4.11. The zero-order chi connectivity index (χ0) is 17.2. The maximum Gasteiger partial charge on any atom is 0.284 e. The number of carbonyl (C=O) groups is 1. The fourth-order valence-electron chi connectivity index (χ4n) is 2.64. The highest BCUT2D eigenvalue weighted by Gasteiger charge is 2.27.